The number of methoxy groups -OCH3 is 1. The number of aliphatic hydroxyl groups is 1. The number of piperidine rings is 1. The average Bonchev–Trinajstić information content (AvgIpc) is 3.07. The molecule has 2 N–H and O–H groups in total. The van der Waals surface area contributed by atoms with Crippen molar-refractivity contribution in [1.82, 2.24) is 9.88 Å². The van der Waals surface area contributed by atoms with Gasteiger partial charge in [0.15, 0.2) is 0 Å². The Balaban J connectivity index is 1.73. The predicted molar refractivity (Wildman–Crippen MR) is 101 cm³/mol. The zero-order chi connectivity index (χ0) is 18.3. The second-order valence-corrected chi connectivity index (χ2v) is 7.32. The molecule has 5 nitrogen and oxygen atoms in total. The highest BCUT2D eigenvalue weighted by Crippen LogP contribution is 2.44. The lowest BCUT2D eigenvalue weighted by Crippen LogP contribution is -2.45. The molecule has 2 aliphatic heterocycles. The molecule has 138 valence electrons. The molecule has 5 heteroatoms. The first-order valence-electron chi connectivity index (χ1n) is 9.35. The summed E-state index contributed by atoms with van der Waals surface area (Å²) in [6.45, 7) is 3.70. The number of allylic oxidation sites excluding steroid dienone is 1. The lowest BCUT2D eigenvalue weighted by Gasteiger charge is -2.45. The van der Waals surface area contributed by atoms with E-state index >= 15 is 0 Å². The highest BCUT2D eigenvalue weighted by atomic mass is 16.5. The number of aromatic nitrogens is 1. The molecular formula is C21H26N2O3. The molecule has 1 fully saturated rings. The topological polar surface area (TPSA) is 65.6 Å². The summed E-state index contributed by atoms with van der Waals surface area (Å²) in [5.41, 5.74) is 5.09. The van der Waals surface area contributed by atoms with E-state index in [-0.39, 0.29) is 24.5 Å². The van der Waals surface area contributed by atoms with Crippen LogP contribution in [0.5, 0.6) is 0 Å². The molecule has 0 saturated carbocycles. The highest BCUT2D eigenvalue weighted by Gasteiger charge is 2.42. The van der Waals surface area contributed by atoms with E-state index in [9.17, 15) is 9.90 Å². The van der Waals surface area contributed by atoms with Crippen LogP contribution in [0.15, 0.2) is 35.9 Å². The van der Waals surface area contributed by atoms with Gasteiger partial charge in [-0.2, -0.15) is 0 Å². The Morgan fingerprint density at radius 1 is 1.46 bits per heavy atom. The summed E-state index contributed by atoms with van der Waals surface area (Å²) in [6, 6.07) is 8.70. The number of nitrogens with zero attached hydrogens (tertiary/aromatic N) is 1. The fourth-order valence-electron chi connectivity index (χ4n) is 4.81. The van der Waals surface area contributed by atoms with Crippen LogP contribution >= 0.6 is 0 Å². The van der Waals surface area contributed by atoms with Crippen molar-refractivity contribution >= 4 is 16.9 Å². The van der Waals surface area contributed by atoms with Crippen molar-refractivity contribution in [3.8, 4) is 0 Å². The molecule has 2 aromatic rings. The number of para-hydroxylation sites is 1. The van der Waals surface area contributed by atoms with E-state index in [0.29, 0.717) is 0 Å². The molecule has 26 heavy (non-hydrogen) atoms. The number of benzene rings is 1. The van der Waals surface area contributed by atoms with Crippen molar-refractivity contribution in [2.24, 2.45) is 11.8 Å². The maximum atomic E-state index is 12.2. The van der Waals surface area contributed by atoms with Crippen LogP contribution in [0.4, 0.5) is 0 Å². The van der Waals surface area contributed by atoms with Crippen molar-refractivity contribution in [2.75, 3.05) is 26.8 Å². The minimum absolute atomic E-state index is 0.0102. The number of esters is 1. The van der Waals surface area contributed by atoms with Gasteiger partial charge in [0, 0.05) is 29.7 Å². The van der Waals surface area contributed by atoms with Crippen molar-refractivity contribution in [3.63, 3.8) is 0 Å². The zero-order valence-electron chi connectivity index (χ0n) is 15.4. The van der Waals surface area contributed by atoms with Crippen LogP contribution in [0.3, 0.4) is 0 Å². The number of H-pyrrole nitrogens is 1. The van der Waals surface area contributed by atoms with Crippen LogP contribution in [0.2, 0.25) is 0 Å². The Labute approximate surface area is 153 Å². The smallest absolute Gasteiger partial charge is 0.311 e. The number of rotatable bonds is 3. The summed E-state index contributed by atoms with van der Waals surface area (Å²) >= 11 is 0. The molecule has 4 rings (SSSR count). The monoisotopic (exact) mass is 354 g/mol. The van der Waals surface area contributed by atoms with E-state index < -0.39 is 5.92 Å². The molecule has 0 amide bonds. The Morgan fingerprint density at radius 2 is 2.27 bits per heavy atom. The maximum absolute atomic E-state index is 12.2. The minimum atomic E-state index is -0.497. The third kappa shape index (κ3) is 2.66. The Bertz CT molecular complexity index is 854. The number of fused-ring (bicyclic) bond motifs is 5. The highest BCUT2D eigenvalue weighted by molar-refractivity contribution is 5.85. The van der Waals surface area contributed by atoms with Crippen LogP contribution in [0, 0.1) is 11.8 Å². The standard InChI is InChI=1S/C21H26N2O3/c1-3-13-11-23-9-8-15-14-6-4-5-7-18(14)22-20(15)19(23)10-16(13)17(12-24)21(25)26-2/h3-7,16-17,19,22,24H,8-12H2,1-2H3/b13-3-/t16-,17-,19+/m1/s1. The number of nitrogens with one attached hydrogen (secondary N) is 1. The number of hydrogen-bond acceptors (Lipinski definition) is 4. The number of aromatic amines is 1. The summed E-state index contributed by atoms with van der Waals surface area (Å²) in [5.74, 6) is -0.808. The Morgan fingerprint density at radius 3 is 3.00 bits per heavy atom. The third-order valence-corrected chi connectivity index (χ3v) is 6.17. The van der Waals surface area contributed by atoms with Gasteiger partial charge in [0.1, 0.15) is 0 Å². The van der Waals surface area contributed by atoms with Crippen molar-refractivity contribution in [2.45, 2.75) is 25.8 Å². The SMILES string of the molecule is C/C=C1/CN2CCc3c([nH]c4ccccc34)[C@@H]2C[C@H]1[C@@H](CO)C(=O)OC. The molecule has 2 aliphatic rings. The largest absolute Gasteiger partial charge is 0.469 e. The third-order valence-electron chi connectivity index (χ3n) is 6.17. The normalized spacial score (nSPS) is 25.7. The first-order chi connectivity index (χ1) is 12.7. The number of aliphatic hydroxyl groups excluding tert-OH is 1. The van der Waals surface area contributed by atoms with Crippen LogP contribution in [-0.4, -0.2) is 47.8 Å². The first kappa shape index (κ1) is 17.3. The van der Waals surface area contributed by atoms with Crippen molar-refractivity contribution < 1.29 is 14.6 Å². The van der Waals surface area contributed by atoms with Crippen LogP contribution in [0.25, 0.3) is 10.9 Å². The summed E-state index contributed by atoms with van der Waals surface area (Å²) < 4.78 is 4.96. The summed E-state index contributed by atoms with van der Waals surface area (Å²) in [4.78, 5) is 18.3. The summed E-state index contributed by atoms with van der Waals surface area (Å²) in [5, 5.41) is 11.2. The van der Waals surface area contributed by atoms with E-state index in [1.54, 1.807) is 0 Å². The lowest BCUT2D eigenvalue weighted by molar-refractivity contribution is -0.149. The van der Waals surface area contributed by atoms with Crippen molar-refractivity contribution in [1.29, 1.82) is 0 Å². The second kappa shape index (κ2) is 6.89. The van der Waals surface area contributed by atoms with E-state index in [2.05, 4.69) is 40.2 Å². The molecule has 0 unspecified atom stereocenters. The fourth-order valence-corrected chi connectivity index (χ4v) is 4.81. The van der Waals surface area contributed by atoms with E-state index in [0.717, 1.165) is 25.9 Å². The van der Waals surface area contributed by atoms with Gasteiger partial charge in [-0.25, -0.2) is 0 Å². The number of hydrogen-bond donors (Lipinski definition) is 2. The van der Waals surface area contributed by atoms with Gasteiger partial charge >= 0.3 is 5.97 Å². The molecule has 0 spiro atoms. The zero-order valence-corrected chi connectivity index (χ0v) is 15.4. The Kier molecular flexibility index (Phi) is 4.59. The molecule has 0 aliphatic carbocycles. The van der Waals surface area contributed by atoms with Crippen molar-refractivity contribution in [3.05, 3.63) is 47.2 Å². The molecule has 0 bridgehead atoms. The fraction of sp³-hybridized carbons (Fsp3) is 0.476. The number of ether oxygens (including phenoxy) is 1. The lowest BCUT2D eigenvalue weighted by atomic mass is 9.75. The van der Waals surface area contributed by atoms with Crippen LogP contribution < -0.4 is 0 Å². The van der Waals surface area contributed by atoms with Gasteiger partial charge in [-0.1, -0.05) is 29.8 Å². The van der Waals surface area contributed by atoms with E-state index in [1.165, 1.54) is 34.8 Å². The predicted octanol–water partition coefficient (Wildman–Crippen LogP) is 2.81. The quantitative estimate of drug-likeness (QED) is 0.657. The van der Waals surface area contributed by atoms with Gasteiger partial charge in [0.2, 0.25) is 0 Å². The molecular weight excluding hydrogens is 328 g/mol. The van der Waals surface area contributed by atoms with Crippen LogP contribution in [0.1, 0.15) is 30.6 Å². The minimum Gasteiger partial charge on any atom is -0.469 e. The van der Waals surface area contributed by atoms with Gasteiger partial charge in [0.05, 0.1) is 25.7 Å². The second-order valence-electron chi connectivity index (χ2n) is 7.32. The summed E-state index contributed by atoms with van der Waals surface area (Å²) in [6.07, 6.45) is 3.96. The molecule has 1 saturated heterocycles. The van der Waals surface area contributed by atoms with E-state index in [4.69, 9.17) is 4.74 Å². The Hall–Kier alpha value is -2.11. The molecule has 3 atom stereocenters. The number of carbonyl (C=O) groups excluding carboxylic acids is 1. The van der Waals surface area contributed by atoms with Gasteiger partial charge < -0.3 is 14.8 Å². The molecule has 0 radical (unpaired) electrons. The van der Waals surface area contributed by atoms with Gasteiger partial charge in [-0.05, 0) is 37.3 Å². The maximum Gasteiger partial charge on any atom is 0.311 e. The van der Waals surface area contributed by atoms with Gasteiger partial charge in [-0.3, -0.25) is 9.69 Å². The van der Waals surface area contributed by atoms with Crippen LogP contribution in [-0.2, 0) is 16.0 Å². The van der Waals surface area contributed by atoms with Gasteiger partial charge in [0.25, 0.3) is 0 Å². The molecule has 1 aromatic heterocycles. The molecule has 3 heterocycles. The number of carbonyl (C=O) groups is 1. The molecule has 1 aromatic carbocycles. The summed E-state index contributed by atoms with van der Waals surface area (Å²) in [7, 11) is 1.39. The van der Waals surface area contributed by atoms with Gasteiger partial charge in [-0.15, -0.1) is 0 Å². The van der Waals surface area contributed by atoms with E-state index in [1.807, 2.05) is 6.92 Å². The first-order valence-corrected chi connectivity index (χ1v) is 9.35. The average molecular weight is 354 g/mol.